The summed E-state index contributed by atoms with van der Waals surface area (Å²) in [6, 6.07) is 10.4. The maximum absolute atomic E-state index is 5.76. The minimum atomic E-state index is -0.0162. The van der Waals surface area contributed by atoms with E-state index >= 15 is 0 Å². The number of rotatable bonds is 1. The number of nitrogens with zero attached hydrogens (tertiary/aromatic N) is 2. The van der Waals surface area contributed by atoms with Crippen LogP contribution < -0.4 is 0 Å². The standard InChI is InChI=1S/C14H18N2O/c1-16-9-7-14(8-10-16)11-13(15-17-14)12-5-3-2-4-6-12/h2-6H,7-11H2,1H3. The van der Waals surface area contributed by atoms with Crippen molar-refractivity contribution in [3.05, 3.63) is 35.9 Å². The Morgan fingerprint density at radius 3 is 2.59 bits per heavy atom. The molecule has 3 rings (SSSR count). The SMILES string of the molecule is CN1CCC2(CC1)CC(c1ccccc1)=NO2. The quantitative estimate of drug-likeness (QED) is 0.739. The number of likely N-dealkylation sites (tertiary alicyclic amines) is 1. The van der Waals surface area contributed by atoms with Crippen LogP contribution in [-0.4, -0.2) is 36.3 Å². The molecular formula is C14H18N2O. The van der Waals surface area contributed by atoms with Crippen molar-refractivity contribution < 1.29 is 4.84 Å². The molecule has 1 fully saturated rings. The van der Waals surface area contributed by atoms with Crippen molar-refractivity contribution in [3.63, 3.8) is 0 Å². The number of benzene rings is 1. The summed E-state index contributed by atoms with van der Waals surface area (Å²) in [5.41, 5.74) is 2.29. The van der Waals surface area contributed by atoms with Gasteiger partial charge in [0.15, 0.2) is 0 Å². The lowest BCUT2D eigenvalue weighted by Gasteiger charge is -2.35. The van der Waals surface area contributed by atoms with Crippen molar-refractivity contribution in [1.82, 2.24) is 4.90 Å². The molecule has 3 nitrogen and oxygen atoms in total. The molecule has 0 saturated carbocycles. The molecule has 0 atom stereocenters. The zero-order valence-electron chi connectivity index (χ0n) is 10.2. The van der Waals surface area contributed by atoms with E-state index in [0.717, 1.165) is 38.1 Å². The molecule has 2 aliphatic heterocycles. The predicted octanol–water partition coefficient (Wildman–Crippen LogP) is 2.28. The Labute approximate surface area is 102 Å². The number of hydrogen-bond acceptors (Lipinski definition) is 3. The lowest BCUT2D eigenvalue weighted by atomic mass is 9.86. The fourth-order valence-electron chi connectivity index (χ4n) is 2.60. The third-order valence-corrected chi connectivity index (χ3v) is 3.84. The molecule has 3 heteroatoms. The van der Waals surface area contributed by atoms with Crippen LogP contribution in [0.15, 0.2) is 35.5 Å². The minimum absolute atomic E-state index is 0.0162. The maximum Gasteiger partial charge on any atom is 0.145 e. The van der Waals surface area contributed by atoms with E-state index < -0.39 is 0 Å². The molecule has 90 valence electrons. The molecular weight excluding hydrogens is 212 g/mol. The van der Waals surface area contributed by atoms with Gasteiger partial charge < -0.3 is 9.74 Å². The van der Waals surface area contributed by atoms with Crippen LogP contribution >= 0.6 is 0 Å². The highest BCUT2D eigenvalue weighted by Gasteiger charge is 2.41. The van der Waals surface area contributed by atoms with Gasteiger partial charge in [0.05, 0.1) is 5.71 Å². The van der Waals surface area contributed by atoms with E-state index in [1.54, 1.807) is 0 Å². The first-order valence-electron chi connectivity index (χ1n) is 6.26. The van der Waals surface area contributed by atoms with Crippen molar-refractivity contribution in [2.24, 2.45) is 5.16 Å². The first-order valence-corrected chi connectivity index (χ1v) is 6.26. The van der Waals surface area contributed by atoms with Crippen molar-refractivity contribution in [1.29, 1.82) is 0 Å². The summed E-state index contributed by atoms with van der Waals surface area (Å²) in [4.78, 5) is 8.11. The summed E-state index contributed by atoms with van der Waals surface area (Å²) in [6.45, 7) is 2.22. The fourth-order valence-corrected chi connectivity index (χ4v) is 2.60. The van der Waals surface area contributed by atoms with Gasteiger partial charge in [-0.1, -0.05) is 35.5 Å². The van der Waals surface area contributed by atoms with Crippen LogP contribution in [0.25, 0.3) is 0 Å². The molecule has 1 saturated heterocycles. The Bertz CT molecular complexity index is 419. The predicted molar refractivity (Wildman–Crippen MR) is 68.1 cm³/mol. The van der Waals surface area contributed by atoms with Crippen molar-refractivity contribution in [2.75, 3.05) is 20.1 Å². The summed E-state index contributed by atoms with van der Waals surface area (Å²) >= 11 is 0. The normalized spacial score (nSPS) is 23.5. The molecule has 2 aliphatic rings. The van der Waals surface area contributed by atoms with Crippen LogP contribution in [0.3, 0.4) is 0 Å². The Morgan fingerprint density at radius 2 is 1.88 bits per heavy atom. The van der Waals surface area contributed by atoms with Crippen LogP contribution in [0.2, 0.25) is 0 Å². The van der Waals surface area contributed by atoms with Gasteiger partial charge in [-0.25, -0.2) is 0 Å². The lowest BCUT2D eigenvalue weighted by molar-refractivity contribution is -0.0578. The zero-order chi connectivity index (χ0) is 11.7. The third-order valence-electron chi connectivity index (χ3n) is 3.84. The van der Waals surface area contributed by atoms with Gasteiger partial charge in [0, 0.05) is 32.4 Å². The van der Waals surface area contributed by atoms with Gasteiger partial charge in [0.1, 0.15) is 5.60 Å². The largest absolute Gasteiger partial charge is 0.388 e. The highest BCUT2D eigenvalue weighted by Crippen LogP contribution is 2.35. The summed E-state index contributed by atoms with van der Waals surface area (Å²) in [5.74, 6) is 0. The van der Waals surface area contributed by atoms with Crippen LogP contribution in [0.1, 0.15) is 24.8 Å². The maximum atomic E-state index is 5.76. The average Bonchev–Trinajstić information content (AvgIpc) is 2.79. The molecule has 0 radical (unpaired) electrons. The minimum Gasteiger partial charge on any atom is -0.388 e. The number of oxime groups is 1. The highest BCUT2D eigenvalue weighted by atomic mass is 16.7. The Balaban J connectivity index is 1.73. The van der Waals surface area contributed by atoms with E-state index in [-0.39, 0.29) is 5.60 Å². The van der Waals surface area contributed by atoms with E-state index in [9.17, 15) is 0 Å². The molecule has 17 heavy (non-hydrogen) atoms. The molecule has 0 bridgehead atoms. The lowest BCUT2D eigenvalue weighted by Crippen LogP contribution is -2.42. The molecule has 1 aromatic rings. The summed E-state index contributed by atoms with van der Waals surface area (Å²) < 4.78 is 0. The molecule has 1 spiro atoms. The van der Waals surface area contributed by atoms with Gasteiger partial charge in [-0.05, 0) is 12.6 Å². The fraction of sp³-hybridized carbons (Fsp3) is 0.500. The van der Waals surface area contributed by atoms with Gasteiger partial charge in [-0.3, -0.25) is 0 Å². The second kappa shape index (κ2) is 4.15. The first-order chi connectivity index (χ1) is 8.27. The zero-order valence-corrected chi connectivity index (χ0v) is 10.2. The van der Waals surface area contributed by atoms with Crippen LogP contribution in [0, 0.1) is 0 Å². The van der Waals surface area contributed by atoms with Crippen molar-refractivity contribution >= 4 is 5.71 Å². The van der Waals surface area contributed by atoms with E-state index in [0.29, 0.717) is 0 Å². The first kappa shape index (κ1) is 10.8. The van der Waals surface area contributed by atoms with E-state index in [1.807, 2.05) is 6.07 Å². The van der Waals surface area contributed by atoms with E-state index in [2.05, 4.69) is 41.4 Å². The Hall–Kier alpha value is -1.35. The summed E-state index contributed by atoms with van der Waals surface area (Å²) in [5, 5.41) is 4.31. The van der Waals surface area contributed by atoms with Crippen LogP contribution in [0.4, 0.5) is 0 Å². The second-order valence-electron chi connectivity index (χ2n) is 5.16. The van der Waals surface area contributed by atoms with Gasteiger partial charge in [0.25, 0.3) is 0 Å². The molecule has 0 aliphatic carbocycles. The molecule has 0 amide bonds. The van der Waals surface area contributed by atoms with Crippen LogP contribution in [0.5, 0.6) is 0 Å². The highest BCUT2D eigenvalue weighted by molar-refractivity contribution is 6.01. The van der Waals surface area contributed by atoms with Crippen molar-refractivity contribution in [2.45, 2.75) is 24.9 Å². The van der Waals surface area contributed by atoms with E-state index in [4.69, 9.17) is 4.84 Å². The van der Waals surface area contributed by atoms with Gasteiger partial charge in [-0.2, -0.15) is 0 Å². The Morgan fingerprint density at radius 1 is 1.18 bits per heavy atom. The molecule has 2 heterocycles. The topological polar surface area (TPSA) is 24.8 Å². The van der Waals surface area contributed by atoms with Gasteiger partial charge in [0.2, 0.25) is 0 Å². The van der Waals surface area contributed by atoms with Gasteiger partial charge >= 0.3 is 0 Å². The monoisotopic (exact) mass is 230 g/mol. The van der Waals surface area contributed by atoms with Crippen LogP contribution in [-0.2, 0) is 4.84 Å². The number of hydrogen-bond donors (Lipinski definition) is 0. The summed E-state index contributed by atoms with van der Waals surface area (Å²) in [7, 11) is 2.17. The Kier molecular flexibility index (Phi) is 2.63. The molecule has 0 aromatic heterocycles. The average molecular weight is 230 g/mol. The molecule has 0 unspecified atom stereocenters. The molecule has 1 aromatic carbocycles. The second-order valence-corrected chi connectivity index (χ2v) is 5.16. The number of piperidine rings is 1. The third kappa shape index (κ3) is 2.07. The van der Waals surface area contributed by atoms with E-state index in [1.165, 1.54) is 5.56 Å². The van der Waals surface area contributed by atoms with Gasteiger partial charge in [-0.15, -0.1) is 0 Å². The molecule has 0 N–H and O–H groups in total. The smallest absolute Gasteiger partial charge is 0.145 e. The summed E-state index contributed by atoms with van der Waals surface area (Å²) in [6.07, 6.45) is 3.14. The van der Waals surface area contributed by atoms with Crippen molar-refractivity contribution in [3.8, 4) is 0 Å².